The highest BCUT2D eigenvalue weighted by atomic mass is 13.8. The summed E-state index contributed by atoms with van der Waals surface area (Å²) in [4.78, 5) is 0. The van der Waals surface area contributed by atoms with Crippen LogP contribution in [0.2, 0.25) is 0 Å². The van der Waals surface area contributed by atoms with E-state index in [-0.39, 0.29) is 0 Å². The molecular formula is C10H15. The highest BCUT2D eigenvalue weighted by molar-refractivity contribution is 4.95. The van der Waals surface area contributed by atoms with E-state index in [4.69, 9.17) is 6.58 Å². The van der Waals surface area contributed by atoms with Gasteiger partial charge >= 0.3 is 0 Å². The first-order chi connectivity index (χ1) is 4.91. The van der Waals surface area contributed by atoms with Gasteiger partial charge < -0.3 is 0 Å². The standard InChI is InChI=1S/C10H15/c1-3-5-7-9-10-8-6-4-2/h1,3-7H,8-10H2,2H3. The average Bonchev–Trinajstić information content (AvgIpc) is 1.97. The quantitative estimate of drug-likeness (QED) is 0.308. The van der Waals surface area contributed by atoms with Gasteiger partial charge in [0.1, 0.15) is 0 Å². The molecule has 0 aliphatic rings. The van der Waals surface area contributed by atoms with Crippen LogP contribution in [0.25, 0.3) is 0 Å². The molecule has 0 N–H and O–H groups in total. The van der Waals surface area contributed by atoms with Crippen LogP contribution in [0.3, 0.4) is 0 Å². The van der Waals surface area contributed by atoms with E-state index in [2.05, 4.69) is 18.2 Å². The Labute approximate surface area is 64.0 Å². The largest absolute Gasteiger partial charge is 0.0917 e. The van der Waals surface area contributed by atoms with Gasteiger partial charge in [0, 0.05) is 0 Å². The minimum atomic E-state index is 1.12. The Hall–Kier alpha value is -0.780. The monoisotopic (exact) mass is 135 g/mol. The third-order valence-corrected chi connectivity index (χ3v) is 1.22. The molecule has 0 atom stereocenters. The van der Waals surface area contributed by atoms with Gasteiger partial charge in [0.15, 0.2) is 0 Å². The van der Waals surface area contributed by atoms with E-state index in [1.165, 1.54) is 12.8 Å². The van der Waals surface area contributed by atoms with Crippen LogP contribution in [-0.2, 0) is 0 Å². The van der Waals surface area contributed by atoms with Gasteiger partial charge in [-0.25, -0.2) is 0 Å². The topological polar surface area (TPSA) is 0 Å². The first-order valence-corrected chi connectivity index (χ1v) is 3.73. The van der Waals surface area contributed by atoms with Gasteiger partial charge in [-0.15, -0.1) is 0 Å². The minimum Gasteiger partial charge on any atom is -0.0917 e. The fraction of sp³-hybridized carbons (Fsp3) is 0.400. The molecule has 0 aromatic heterocycles. The number of hydrogen-bond donors (Lipinski definition) is 0. The van der Waals surface area contributed by atoms with E-state index >= 15 is 0 Å². The third-order valence-electron chi connectivity index (χ3n) is 1.22. The summed E-state index contributed by atoms with van der Waals surface area (Å²) in [6.45, 7) is 7.19. The molecule has 0 spiro atoms. The Bertz CT molecular complexity index is 118. The van der Waals surface area contributed by atoms with Gasteiger partial charge in [-0.2, -0.15) is 0 Å². The van der Waals surface area contributed by atoms with Gasteiger partial charge in [-0.3, -0.25) is 0 Å². The van der Waals surface area contributed by atoms with Crippen LogP contribution in [0.4, 0.5) is 0 Å². The Morgan fingerprint density at radius 1 is 1.20 bits per heavy atom. The lowest BCUT2D eigenvalue weighted by molar-refractivity contribution is 0.867. The predicted octanol–water partition coefficient (Wildman–Crippen LogP) is 3.28. The fourth-order valence-electron chi connectivity index (χ4n) is 0.695. The molecule has 0 aromatic rings. The first-order valence-electron chi connectivity index (χ1n) is 3.73. The van der Waals surface area contributed by atoms with Gasteiger partial charge in [0.05, 0.1) is 0 Å². The average molecular weight is 135 g/mol. The van der Waals surface area contributed by atoms with E-state index in [1.54, 1.807) is 6.08 Å². The number of rotatable bonds is 5. The summed E-state index contributed by atoms with van der Waals surface area (Å²) in [6.07, 6.45) is 13.3. The molecule has 0 heterocycles. The normalized spacial score (nSPS) is 11.3. The number of hydrogen-bond acceptors (Lipinski definition) is 0. The van der Waals surface area contributed by atoms with Crippen molar-refractivity contribution in [2.75, 3.05) is 0 Å². The lowest BCUT2D eigenvalue weighted by Gasteiger charge is -1.87. The number of unbranched alkanes of at least 4 members (excludes halogenated alkanes) is 2. The van der Waals surface area contributed by atoms with E-state index in [0.717, 1.165) is 6.42 Å². The minimum absolute atomic E-state index is 1.12. The van der Waals surface area contributed by atoms with Crippen LogP contribution < -0.4 is 0 Å². The first kappa shape index (κ1) is 9.22. The van der Waals surface area contributed by atoms with Gasteiger partial charge in [-0.05, 0) is 26.2 Å². The lowest BCUT2D eigenvalue weighted by Crippen LogP contribution is -1.67. The Kier molecular flexibility index (Phi) is 7.58. The summed E-state index contributed by atoms with van der Waals surface area (Å²) >= 11 is 0. The van der Waals surface area contributed by atoms with Crippen LogP contribution in [0.1, 0.15) is 26.2 Å². The van der Waals surface area contributed by atoms with E-state index in [9.17, 15) is 0 Å². The van der Waals surface area contributed by atoms with Crippen molar-refractivity contribution in [2.45, 2.75) is 26.2 Å². The second-order valence-electron chi connectivity index (χ2n) is 2.12. The second-order valence-corrected chi connectivity index (χ2v) is 2.12. The summed E-state index contributed by atoms with van der Waals surface area (Å²) in [5.41, 5.74) is 0. The highest BCUT2D eigenvalue weighted by Crippen LogP contribution is 1.97. The highest BCUT2D eigenvalue weighted by Gasteiger charge is 1.77. The maximum Gasteiger partial charge on any atom is -0.0345 e. The summed E-state index contributed by atoms with van der Waals surface area (Å²) in [7, 11) is 0. The van der Waals surface area contributed by atoms with Crippen LogP contribution in [-0.4, -0.2) is 0 Å². The molecule has 55 valence electrons. The Morgan fingerprint density at radius 2 is 1.90 bits per heavy atom. The van der Waals surface area contributed by atoms with Crippen molar-refractivity contribution in [1.82, 2.24) is 0 Å². The predicted molar refractivity (Wildman–Crippen MR) is 46.7 cm³/mol. The van der Waals surface area contributed by atoms with Gasteiger partial charge in [0.25, 0.3) is 0 Å². The van der Waals surface area contributed by atoms with Crippen LogP contribution in [0.15, 0.2) is 30.4 Å². The van der Waals surface area contributed by atoms with Crippen molar-refractivity contribution in [3.8, 4) is 0 Å². The molecule has 0 nitrogen and oxygen atoms in total. The van der Waals surface area contributed by atoms with Crippen LogP contribution >= 0.6 is 0 Å². The van der Waals surface area contributed by atoms with E-state index in [0.29, 0.717) is 0 Å². The molecule has 0 aromatic carbocycles. The summed E-state index contributed by atoms with van der Waals surface area (Å²) in [6, 6.07) is 0. The molecule has 1 radical (unpaired) electrons. The van der Waals surface area contributed by atoms with E-state index < -0.39 is 0 Å². The fourth-order valence-corrected chi connectivity index (χ4v) is 0.695. The molecule has 0 amide bonds. The summed E-state index contributed by atoms with van der Waals surface area (Å²) in [5, 5.41) is 0. The molecule has 0 saturated heterocycles. The van der Waals surface area contributed by atoms with Crippen molar-refractivity contribution >= 4 is 0 Å². The van der Waals surface area contributed by atoms with Crippen molar-refractivity contribution in [2.24, 2.45) is 0 Å². The number of allylic oxidation sites excluding steroid dienone is 5. The second kappa shape index (κ2) is 8.22. The molecule has 10 heavy (non-hydrogen) atoms. The lowest BCUT2D eigenvalue weighted by atomic mass is 10.2. The molecule has 0 bridgehead atoms. The van der Waals surface area contributed by atoms with Crippen molar-refractivity contribution in [1.29, 1.82) is 0 Å². The summed E-state index contributed by atoms with van der Waals surface area (Å²) in [5.74, 6) is 0. The molecule has 0 aliphatic carbocycles. The zero-order valence-corrected chi connectivity index (χ0v) is 6.59. The molecule has 0 fully saturated rings. The molecule has 0 unspecified atom stereocenters. The summed E-state index contributed by atoms with van der Waals surface area (Å²) < 4.78 is 0. The van der Waals surface area contributed by atoms with Gasteiger partial charge in [-0.1, -0.05) is 37.0 Å². The molecule has 0 saturated carbocycles. The van der Waals surface area contributed by atoms with E-state index in [1.807, 2.05) is 13.0 Å². The zero-order valence-electron chi connectivity index (χ0n) is 6.59. The molecule has 0 aliphatic heterocycles. The molecule has 0 rings (SSSR count). The van der Waals surface area contributed by atoms with Crippen molar-refractivity contribution in [3.05, 3.63) is 37.0 Å². The maximum absolute atomic E-state index is 5.14. The van der Waals surface area contributed by atoms with Crippen molar-refractivity contribution < 1.29 is 0 Å². The molecular weight excluding hydrogens is 120 g/mol. The SMILES string of the molecule is [CH]=CC=CCCCC=CC. The van der Waals surface area contributed by atoms with Crippen LogP contribution in [0.5, 0.6) is 0 Å². The Balaban J connectivity index is 3.04. The maximum atomic E-state index is 5.14. The van der Waals surface area contributed by atoms with Crippen LogP contribution in [0, 0.1) is 6.58 Å². The third kappa shape index (κ3) is 7.22. The Morgan fingerprint density at radius 3 is 2.50 bits per heavy atom. The molecule has 0 heteroatoms. The van der Waals surface area contributed by atoms with Gasteiger partial charge in [0.2, 0.25) is 0 Å². The smallest absolute Gasteiger partial charge is 0.0345 e. The zero-order chi connectivity index (χ0) is 7.66. The van der Waals surface area contributed by atoms with Crippen molar-refractivity contribution in [3.63, 3.8) is 0 Å².